The molecule has 110 valence electrons. The number of nitro groups is 1. The first-order valence-corrected chi connectivity index (χ1v) is 5.94. The molecule has 0 bridgehead atoms. The Morgan fingerprint density at radius 1 is 1.52 bits per heavy atom. The molecule has 0 unspecified atom stereocenters. The van der Waals surface area contributed by atoms with E-state index in [1.807, 2.05) is 0 Å². The molecule has 2 N–H and O–H groups in total. The van der Waals surface area contributed by atoms with Crippen LogP contribution in [0.3, 0.4) is 0 Å². The number of carbonyl (C=O) groups excluding carboxylic acids is 1. The van der Waals surface area contributed by atoms with Gasteiger partial charge in [0.15, 0.2) is 0 Å². The summed E-state index contributed by atoms with van der Waals surface area (Å²) in [5.74, 6) is -0.813. The van der Waals surface area contributed by atoms with Crippen LogP contribution >= 0.6 is 0 Å². The van der Waals surface area contributed by atoms with Crippen LogP contribution < -0.4 is 5.73 Å². The number of aryl methyl sites for hydroxylation is 1. The molecule has 2 rings (SSSR count). The number of hydrogen-bond donors (Lipinski definition) is 1. The highest BCUT2D eigenvalue weighted by Crippen LogP contribution is 2.24. The van der Waals surface area contributed by atoms with Crippen molar-refractivity contribution in [3.8, 4) is 5.82 Å². The molecule has 10 nitrogen and oxygen atoms in total. The summed E-state index contributed by atoms with van der Waals surface area (Å²) in [7, 11) is 0. The van der Waals surface area contributed by atoms with Gasteiger partial charge in [-0.3, -0.25) is 10.1 Å². The molecule has 0 aliphatic carbocycles. The highest BCUT2D eigenvalue weighted by Gasteiger charge is 2.24. The fourth-order valence-electron chi connectivity index (χ4n) is 1.71. The Morgan fingerprint density at radius 2 is 2.24 bits per heavy atom. The molecule has 2 aromatic rings. The van der Waals surface area contributed by atoms with Crippen molar-refractivity contribution < 1.29 is 14.5 Å². The molecule has 0 radical (unpaired) electrons. The van der Waals surface area contributed by atoms with Crippen LogP contribution in [-0.4, -0.2) is 37.2 Å². The van der Waals surface area contributed by atoms with Crippen molar-refractivity contribution in [2.24, 2.45) is 0 Å². The molecule has 21 heavy (non-hydrogen) atoms. The van der Waals surface area contributed by atoms with Gasteiger partial charge in [-0.05, 0) is 13.8 Å². The summed E-state index contributed by atoms with van der Waals surface area (Å²) in [5.41, 5.74) is 5.43. The maximum absolute atomic E-state index is 11.6. The summed E-state index contributed by atoms with van der Waals surface area (Å²) in [4.78, 5) is 29.6. The van der Waals surface area contributed by atoms with Crippen molar-refractivity contribution in [2.75, 3.05) is 12.3 Å². The van der Waals surface area contributed by atoms with Gasteiger partial charge in [-0.2, -0.15) is 10.1 Å². The zero-order chi connectivity index (χ0) is 15.6. The van der Waals surface area contributed by atoms with Crippen molar-refractivity contribution in [1.29, 1.82) is 0 Å². The van der Waals surface area contributed by atoms with Gasteiger partial charge in [0.25, 0.3) is 0 Å². The van der Waals surface area contributed by atoms with Gasteiger partial charge in [-0.1, -0.05) is 0 Å². The normalized spacial score (nSPS) is 10.4. The van der Waals surface area contributed by atoms with Crippen LogP contribution in [0.15, 0.2) is 12.4 Å². The Kier molecular flexibility index (Phi) is 3.78. The third-order valence-corrected chi connectivity index (χ3v) is 2.55. The molecular weight excluding hydrogens is 280 g/mol. The van der Waals surface area contributed by atoms with Gasteiger partial charge >= 0.3 is 11.7 Å². The summed E-state index contributed by atoms with van der Waals surface area (Å²) in [5, 5.41) is 15.0. The Morgan fingerprint density at radius 3 is 2.86 bits per heavy atom. The van der Waals surface area contributed by atoms with Gasteiger partial charge in [0.2, 0.25) is 11.8 Å². The summed E-state index contributed by atoms with van der Waals surface area (Å²) in [6.07, 6.45) is 2.52. The van der Waals surface area contributed by atoms with E-state index in [9.17, 15) is 14.9 Å². The lowest BCUT2D eigenvalue weighted by Gasteiger charge is -2.04. The van der Waals surface area contributed by atoms with Crippen LogP contribution in [-0.2, 0) is 4.74 Å². The maximum atomic E-state index is 11.6. The maximum Gasteiger partial charge on any atom is 0.341 e. The van der Waals surface area contributed by atoms with Gasteiger partial charge in [0, 0.05) is 6.20 Å². The lowest BCUT2D eigenvalue weighted by atomic mass is 10.3. The van der Waals surface area contributed by atoms with E-state index in [-0.39, 0.29) is 35.3 Å². The second kappa shape index (κ2) is 5.53. The second-order valence-corrected chi connectivity index (χ2v) is 3.99. The van der Waals surface area contributed by atoms with Gasteiger partial charge in [-0.25, -0.2) is 14.5 Å². The summed E-state index contributed by atoms with van der Waals surface area (Å²) >= 11 is 0. The predicted molar refractivity (Wildman–Crippen MR) is 70.9 cm³/mol. The number of esters is 1. The number of nitrogens with zero attached hydrogens (tertiary/aromatic N) is 5. The van der Waals surface area contributed by atoms with E-state index in [4.69, 9.17) is 10.5 Å². The number of hydrogen-bond acceptors (Lipinski definition) is 8. The summed E-state index contributed by atoms with van der Waals surface area (Å²) in [6, 6.07) is 0. The van der Waals surface area contributed by atoms with Crippen molar-refractivity contribution in [2.45, 2.75) is 13.8 Å². The molecule has 0 saturated carbocycles. The monoisotopic (exact) mass is 292 g/mol. The average molecular weight is 292 g/mol. The molecule has 0 aliphatic heterocycles. The van der Waals surface area contributed by atoms with Crippen LogP contribution in [0.5, 0.6) is 0 Å². The zero-order valence-electron chi connectivity index (χ0n) is 11.3. The van der Waals surface area contributed by atoms with E-state index in [0.717, 1.165) is 4.68 Å². The van der Waals surface area contributed by atoms with Crippen LogP contribution in [0, 0.1) is 17.0 Å². The van der Waals surface area contributed by atoms with Crippen molar-refractivity contribution in [1.82, 2.24) is 19.7 Å². The van der Waals surface area contributed by atoms with E-state index >= 15 is 0 Å². The molecular formula is C11H12N6O4. The number of aromatic nitrogens is 4. The van der Waals surface area contributed by atoms with Gasteiger partial charge in [-0.15, -0.1) is 0 Å². The van der Waals surface area contributed by atoms with E-state index in [2.05, 4.69) is 15.1 Å². The molecule has 10 heteroatoms. The first-order valence-electron chi connectivity index (χ1n) is 5.94. The Balaban J connectivity index is 2.52. The number of anilines is 1. The fourth-order valence-corrected chi connectivity index (χ4v) is 1.71. The standard InChI is InChI=1S/C11H12N6O4/c1-3-21-10(18)7-4-13-16(5-7)9-8(17(19)20)6(2)14-11(12)15-9/h4-5H,3H2,1-2H3,(H2,12,14,15). The van der Waals surface area contributed by atoms with E-state index < -0.39 is 10.9 Å². The predicted octanol–water partition coefficient (Wildman–Crippen LogP) is 0.638. The van der Waals surface area contributed by atoms with E-state index in [1.165, 1.54) is 19.3 Å². The lowest BCUT2D eigenvalue weighted by Crippen LogP contribution is -2.10. The van der Waals surface area contributed by atoms with Gasteiger partial charge in [0.1, 0.15) is 5.69 Å². The quantitative estimate of drug-likeness (QED) is 0.492. The number of rotatable bonds is 4. The van der Waals surface area contributed by atoms with Crippen LogP contribution in [0.25, 0.3) is 5.82 Å². The lowest BCUT2D eigenvalue weighted by molar-refractivity contribution is -0.385. The molecule has 0 atom stereocenters. The molecule has 0 fully saturated rings. The molecule has 0 saturated heterocycles. The van der Waals surface area contributed by atoms with Crippen LogP contribution in [0.4, 0.5) is 11.6 Å². The van der Waals surface area contributed by atoms with Crippen molar-refractivity contribution in [3.63, 3.8) is 0 Å². The zero-order valence-corrected chi connectivity index (χ0v) is 11.3. The second-order valence-electron chi connectivity index (χ2n) is 3.99. The van der Waals surface area contributed by atoms with Crippen molar-refractivity contribution >= 4 is 17.6 Å². The molecule has 0 amide bonds. The molecule has 0 aromatic carbocycles. The Labute approximate surface area is 118 Å². The minimum atomic E-state index is -0.629. The van der Waals surface area contributed by atoms with Gasteiger partial charge in [0.05, 0.1) is 23.3 Å². The molecule has 0 spiro atoms. The molecule has 2 aromatic heterocycles. The van der Waals surface area contributed by atoms with Gasteiger partial charge < -0.3 is 10.5 Å². The number of nitrogens with two attached hydrogens (primary N) is 1. The number of carbonyl (C=O) groups is 1. The minimum absolute atomic E-state index is 0.107. The smallest absolute Gasteiger partial charge is 0.341 e. The topological polar surface area (TPSA) is 139 Å². The number of nitrogen functional groups attached to an aromatic ring is 1. The average Bonchev–Trinajstić information content (AvgIpc) is 2.86. The molecule has 2 heterocycles. The third-order valence-electron chi connectivity index (χ3n) is 2.55. The molecule has 0 aliphatic rings. The van der Waals surface area contributed by atoms with Crippen LogP contribution in [0.1, 0.15) is 23.0 Å². The largest absolute Gasteiger partial charge is 0.462 e. The number of ether oxygens (including phenoxy) is 1. The highest BCUT2D eigenvalue weighted by atomic mass is 16.6. The Hall–Kier alpha value is -3.04. The Bertz CT molecular complexity index is 711. The van der Waals surface area contributed by atoms with Crippen molar-refractivity contribution in [3.05, 3.63) is 33.8 Å². The first kappa shape index (κ1) is 14.4. The van der Waals surface area contributed by atoms with E-state index in [1.54, 1.807) is 6.92 Å². The highest BCUT2D eigenvalue weighted by molar-refractivity contribution is 5.88. The third kappa shape index (κ3) is 2.78. The minimum Gasteiger partial charge on any atom is -0.462 e. The van der Waals surface area contributed by atoms with E-state index in [0.29, 0.717) is 0 Å². The summed E-state index contributed by atoms with van der Waals surface area (Å²) < 4.78 is 5.91. The SMILES string of the molecule is CCOC(=O)c1cnn(-c2nc(N)nc(C)c2[N+](=O)[O-])c1. The summed E-state index contributed by atoms with van der Waals surface area (Å²) in [6.45, 7) is 3.32. The fraction of sp³-hybridized carbons (Fsp3) is 0.273. The first-order chi connectivity index (χ1) is 9.93. The van der Waals surface area contributed by atoms with Crippen LogP contribution in [0.2, 0.25) is 0 Å².